The minimum Gasteiger partial charge on any atom is -0.371 e. The first-order valence-electron chi connectivity index (χ1n) is 9.45. The molecule has 29 heavy (non-hydrogen) atoms. The lowest BCUT2D eigenvalue weighted by atomic mass is 10.1. The number of ether oxygens (including phenoxy) is 2. The number of rotatable bonds is 6. The summed E-state index contributed by atoms with van der Waals surface area (Å²) in [5, 5.41) is 10.4. The molecule has 150 valence electrons. The third kappa shape index (κ3) is 4.04. The fourth-order valence-electron chi connectivity index (χ4n) is 3.73. The second kappa shape index (κ2) is 8.19. The van der Waals surface area contributed by atoms with Gasteiger partial charge >= 0.3 is 0 Å². The van der Waals surface area contributed by atoms with Crippen LogP contribution in [-0.2, 0) is 20.7 Å². The van der Waals surface area contributed by atoms with Crippen molar-refractivity contribution in [1.29, 1.82) is 0 Å². The lowest BCUT2D eigenvalue weighted by molar-refractivity contribution is -0.121. The number of nitrogens with one attached hydrogen (secondary N) is 2. The molecule has 2 aliphatic rings. The van der Waals surface area contributed by atoms with Crippen molar-refractivity contribution in [3.05, 3.63) is 52.2 Å². The average molecular weight is 429 g/mol. The number of anilines is 1. The fourth-order valence-corrected chi connectivity index (χ4v) is 5.13. The van der Waals surface area contributed by atoms with Gasteiger partial charge in [0.2, 0.25) is 11.9 Å². The minimum absolute atomic E-state index is 0.00584. The molecule has 2 fully saturated rings. The van der Waals surface area contributed by atoms with Gasteiger partial charge in [-0.25, -0.2) is 9.97 Å². The molecule has 1 amide bonds. The second-order valence-electron chi connectivity index (χ2n) is 7.02. The van der Waals surface area contributed by atoms with E-state index in [0.29, 0.717) is 25.6 Å². The Hall–Kier alpha value is -2.33. The van der Waals surface area contributed by atoms with E-state index in [9.17, 15) is 4.79 Å². The zero-order valence-electron chi connectivity index (χ0n) is 15.5. The molecule has 9 heteroatoms. The molecule has 7 nitrogen and oxygen atoms in total. The van der Waals surface area contributed by atoms with Crippen LogP contribution in [0.3, 0.4) is 0 Å². The predicted molar refractivity (Wildman–Crippen MR) is 112 cm³/mol. The molecule has 5 rings (SSSR count). The van der Waals surface area contributed by atoms with Crippen LogP contribution in [0.1, 0.15) is 4.88 Å². The molecule has 2 aliphatic heterocycles. The Balaban J connectivity index is 1.20. The van der Waals surface area contributed by atoms with E-state index in [1.807, 2.05) is 41.1 Å². The first-order valence-corrected chi connectivity index (χ1v) is 11.2. The Morgan fingerprint density at radius 1 is 1.07 bits per heavy atom. The van der Waals surface area contributed by atoms with E-state index in [4.69, 9.17) is 9.47 Å². The summed E-state index contributed by atoms with van der Waals surface area (Å²) in [4.78, 5) is 23.4. The van der Waals surface area contributed by atoms with Crippen LogP contribution in [0.5, 0.6) is 0 Å². The van der Waals surface area contributed by atoms with Crippen LogP contribution in [0.15, 0.2) is 47.3 Å². The lowest BCUT2D eigenvalue weighted by Gasteiger charge is -2.18. The molecule has 0 aliphatic carbocycles. The van der Waals surface area contributed by atoms with Crippen LogP contribution >= 0.6 is 22.7 Å². The number of amides is 1. The van der Waals surface area contributed by atoms with Crippen molar-refractivity contribution >= 4 is 34.5 Å². The van der Waals surface area contributed by atoms with Crippen molar-refractivity contribution in [2.75, 3.05) is 18.5 Å². The molecule has 2 saturated heterocycles. The maximum Gasteiger partial charge on any atom is 0.225 e. The van der Waals surface area contributed by atoms with Gasteiger partial charge < -0.3 is 20.1 Å². The van der Waals surface area contributed by atoms with Gasteiger partial charge in [0.1, 0.15) is 12.2 Å². The number of nitrogens with zero attached hydrogens (tertiary/aromatic N) is 2. The zero-order valence-corrected chi connectivity index (χ0v) is 17.1. The summed E-state index contributed by atoms with van der Waals surface area (Å²) >= 11 is 3.23. The Kier molecular flexibility index (Phi) is 5.28. The number of carbonyl (C=O) groups excluding carboxylic acids is 1. The smallest absolute Gasteiger partial charge is 0.225 e. The van der Waals surface area contributed by atoms with E-state index in [1.165, 1.54) is 0 Å². The van der Waals surface area contributed by atoms with Gasteiger partial charge in [-0.2, -0.15) is 0 Å². The number of aromatic nitrogens is 2. The summed E-state index contributed by atoms with van der Waals surface area (Å²) in [6.07, 6.45) is 1.83. The van der Waals surface area contributed by atoms with Crippen LogP contribution in [0.4, 0.5) is 5.95 Å². The summed E-state index contributed by atoms with van der Waals surface area (Å²) in [5.41, 5.74) is 0.888. The van der Waals surface area contributed by atoms with Gasteiger partial charge in [-0.15, -0.1) is 22.7 Å². The highest BCUT2D eigenvalue weighted by Crippen LogP contribution is 2.29. The molecular formula is C20H20N4O3S2. The maximum absolute atomic E-state index is 12.3. The van der Waals surface area contributed by atoms with E-state index >= 15 is 0 Å². The van der Waals surface area contributed by atoms with E-state index in [1.54, 1.807) is 28.9 Å². The molecule has 0 bridgehead atoms. The zero-order chi connectivity index (χ0) is 19.6. The average Bonchev–Trinajstić information content (AvgIpc) is 3.50. The first-order chi connectivity index (χ1) is 14.3. The largest absolute Gasteiger partial charge is 0.371 e. The van der Waals surface area contributed by atoms with Gasteiger partial charge in [0.05, 0.1) is 42.3 Å². The molecule has 3 aromatic heterocycles. The molecule has 5 heterocycles. The van der Waals surface area contributed by atoms with Crippen LogP contribution < -0.4 is 10.6 Å². The van der Waals surface area contributed by atoms with Gasteiger partial charge in [-0.3, -0.25) is 4.79 Å². The Morgan fingerprint density at radius 2 is 1.86 bits per heavy atom. The number of hydrogen-bond donors (Lipinski definition) is 2. The van der Waals surface area contributed by atoms with Crippen molar-refractivity contribution in [3.63, 3.8) is 0 Å². The molecule has 0 radical (unpaired) electrons. The van der Waals surface area contributed by atoms with Crippen molar-refractivity contribution < 1.29 is 14.3 Å². The molecule has 0 spiro atoms. The van der Waals surface area contributed by atoms with Gasteiger partial charge in [-0.1, -0.05) is 12.1 Å². The van der Waals surface area contributed by atoms with Crippen LogP contribution in [0.2, 0.25) is 0 Å². The Labute approximate surface area is 176 Å². The summed E-state index contributed by atoms with van der Waals surface area (Å²) in [6, 6.07) is 9.66. The summed E-state index contributed by atoms with van der Waals surface area (Å²) in [5.74, 6) is 0.549. The van der Waals surface area contributed by atoms with Crippen molar-refractivity contribution in [1.82, 2.24) is 15.3 Å². The predicted octanol–water partition coefficient (Wildman–Crippen LogP) is 2.57. The molecule has 3 aromatic rings. The van der Waals surface area contributed by atoms with E-state index in [-0.39, 0.29) is 30.2 Å². The Bertz CT molecular complexity index is 964. The minimum atomic E-state index is -0.166. The maximum atomic E-state index is 12.3. The van der Waals surface area contributed by atoms with E-state index in [2.05, 4.69) is 20.6 Å². The van der Waals surface area contributed by atoms with Crippen molar-refractivity contribution in [2.24, 2.45) is 0 Å². The highest BCUT2D eigenvalue weighted by atomic mass is 32.1. The standard InChI is InChI=1S/C20H20N4O3S2/c25-17(9-12-3-1-7-28-12)22-14-10-26-19-15(11-27-18(14)19)24-20-21-6-5-13(23-20)16-4-2-8-29-16/h1-8,14-15,18-19H,9-11H2,(H,22,25)(H,21,23,24)/t14-,15+,18-,19+/m1/s1. The molecule has 4 atom stereocenters. The number of thiophene rings is 2. The van der Waals surface area contributed by atoms with Crippen LogP contribution in [0.25, 0.3) is 10.6 Å². The third-order valence-electron chi connectivity index (χ3n) is 5.06. The highest BCUT2D eigenvalue weighted by Gasteiger charge is 2.48. The summed E-state index contributed by atoms with van der Waals surface area (Å²) in [6.45, 7) is 0.930. The molecule has 2 N–H and O–H groups in total. The van der Waals surface area contributed by atoms with Gasteiger partial charge in [0, 0.05) is 11.1 Å². The summed E-state index contributed by atoms with van der Waals surface area (Å²) < 4.78 is 11.9. The number of hydrogen-bond acceptors (Lipinski definition) is 8. The Morgan fingerprint density at radius 3 is 2.66 bits per heavy atom. The highest BCUT2D eigenvalue weighted by molar-refractivity contribution is 7.13. The first kappa shape index (κ1) is 18.7. The second-order valence-corrected chi connectivity index (χ2v) is 9.00. The van der Waals surface area contributed by atoms with E-state index in [0.717, 1.165) is 15.4 Å². The van der Waals surface area contributed by atoms with Gasteiger partial charge in [-0.05, 0) is 29.0 Å². The molecule has 0 aromatic carbocycles. The number of fused-ring (bicyclic) bond motifs is 1. The van der Waals surface area contributed by atoms with Crippen molar-refractivity contribution in [3.8, 4) is 10.6 Å². The monoisotopic (exact) mass is 428 g/mol. The van der Waals surface area contributed by atoms with Crippen LogP contribution in [0, 0.1) is 0 Å². The van der Waals surface area contributed by atoms with Crippen LogP contribution in [-0.4, -0.2) is 53.4 Å². The van der Waals surface area contributed by atoms with Gasteiger partial charge in [0.15, 0.2) is 0 Å². The van der Waals surface area contributed by atoms with Gasteiger partial charge in [0.25, 0.3) is 0 Å². The summed E-state index contributed by atoms with van der Waals surface area (Å²) in [7, 11) is 0. The normalized spacial score (nSPS) is 25.7. The molecule has 0 saturated carbocycles. The molecule has 0 unspecified atom stereocenters. The number of carbonyl (C=O) groups is 1. The third-order valence-corrected chi connectivity index (χ3v) is 6.83. The topological polar surface area (TPSA) is 85.4 Å². The van der Waals surface area contributed by atoms with Crippen molar-refractivity contribution in [2.45, 2.75) is 30.7 Å². The quantitative estimate of drug-likeness (QED) is 0.628. The lowest BCUT2D eigenvalue weighted by Crippen LogP contribution is -2.45. The SMILES string of the molecule is O=C(Cc1cccs1)N[C@@H]1CO[C@@H]2[C@@H]1OC[C@@H]2Nc1nccc(-c2cccs2)n1. The van der Waals surface area contributed by atoms with E-state index < -0.39 is 0 Å². The molecular weight excluding hydrogens is 408 g/mol. The fraction of sp³-hybridized carbons (Fsp3) is 0.350.